The van der Waals surface area contributed by atoms with Crippen molar-refractivity contribution in [2.75, 3.05) is 5.32 Å². The molecule has 1 heterocycles. The van der Waals surface area contributed by atoms with Crippen molar-refractivity contribution < 1.29 is 9.18 Å². The Labute approximate surface area is 147 Å². The fourth-order valence-corrected chi connectivity index (χ4v) is 3.09. The van der Waals surface area contributed by atoms with Gasteiger partial charge in [0.1, 0.15) is 5.82 Å². The molecule has 1 aromatic heterocycles. The lowest BCUT2D eigenvalue weighted by atomic mass is 10.2. The van der Waals surface area contributed by atoms with Crippen molar-refractivity contribution in [2.24, 2.45) is 7.05 Å². The highest BCUT2D eigenvalue weighted by Gasteiger charge is 2.11. The van der Waals surface area contributed by atoms with Crippen LogP contribution in [0.25, 0.3) is 0 Å². The van der Waals surface area contributed by atoms with E-state index in [0.717, 1.165) is 16.1 Å². The van der Waals surface area contributed by atoms with Crippen LogP contribution in [-0.2, 0) is 7.05 Å². The third kappa shape index (κ3) is 3.77. The smallest absolute Gasteiger partial charge is 0.257 e. The number of amides is 1. The number of rotatable bonds is 4. The lowest BCUT2D eigenvalue weighted by Crippen LogP contribution is -2.12. The number of halogens is 2. The average Bonchev–Trinajstić information content (AvgIpc) is 2.94. The molecule has 0 radical (unpaired) electrons. The number of hydrogen-bond donors (Lipinski definition) is 1. The van der Waals surface area contributed by atoms with Gasteiger partial charge >= 0.3 is 0 Å². The summed E-state index contributed by atoms with van der Waals surface area (Å²) in [6, 6.07) is 11.0. The molecule has 0 saturated carbocycles. The van der Waals surface area contributed by atoms with Gasteiger partial charge in [0.15, 0.2) is 5.16 Å². The summed E-state index contributed by atoms with van der Waals surface area (Å²) >= 11 is 7.42. The maximum atomic E-state index is 13.0. The summed E-state index contributed by atoms with van der Waals surface area (Å²) in [5.41, 5.74) is 0.856. The van der Waals surface area contributed by atoms with Crippen LogP contribution in [0.15, 0.2) is 64.9 Å². The molecule has 0 unspecified atom stereocenters. The van der Waals surface area contributed by atoms with E-state index in [4.69, 9.17) is 11.6 Å². The Morgan fingerprint density at radius 2 is 2.00 bits per heavy atom. The lowest BCUT2D eigenvalue weighted by molar-refractivity contribution is 0.102. The number of aryl methyl sites for hydroxylation is 1. The Morgan fingerprint density at radius 1 is 1.25 bits per heavy atom. The van der Waals surface area contributed by atoms with Crippen LogP contribution in [0.2, 0.25) is 5.02 Å². The molecule has 0 atom stereocenters. The van der Waals surface area contributed by atoms with Gasteiger partial charge < -0.3 is 9.88 Å². The summed E-state index contributed by atoms with van der Waals surface area (Å²) in [4.78, 5) is 17.4. The maximum Gasteiger partial charge on any atom is 0.257 e. The Balaban J connectivity index is 1.69. The van der Waals surface area contributed by atoms with Crippen LogP contribution in [0.3, 0.4) is 0 Å². The van der Waals surface area contributed by atoms with Crippen molar-refractivity contribution in [1.82, 2.24) is 9.55 Å². The Morgan fingerprint density at radius 3 is 2.62 bits per heavy atom. The summed E-state index contributed by atoms with van der Waals surface area (Å²) in [5, 5.41) is 3.70. The number of nitrogens with one attached hydrogen (secondary N) is 1. The van der Waals surface area contributed by atoms with Gasteiger partial charge in [-0.05, 0) is 42.5 Å². The number of benzene rings is 2. The van der Waals surface area contributed by atoms with Crippen molar-refractivity contribution in [1.29, 1.82) is 0 Å². The lowest BCUT2D eigenvalue weighted by Gasteiger charge is -2.08. The van der Waals surface area contributed by atoms with E-state index in [-0.39, 0.29) is 16.5 Å². The molecule has 0 fully saturated rings. The van der Waals surface area contributed by atoms with Crippen LogP contribution in [0.4, 0.5) is 10.1 Å². The molecule has 4 nitrogen and oxygen atoms in total. The number of aromatic nitrogens is 2. The number of carbonyl (C=O) groups is 1. The van der Waals surface area contributed by atoms with Gasteiger partial charge in [-0.2, -0.15) is 0 Å². The number of anilines is 1. The van der Waals surface area contributed by atoms with Gasteiger partial charge in [0.25, 0.3) is 5.91 Å². The van der Waals surface area contributed by atoms with Gasteiger partial charge in [0.2, 0.25) is 0 Å². The van der Waals surface area contributed by atoms with Crippen molar-refractivity contribution >= 4 is 35.0 Å². The van der Waals surface area contributed by atoms with Gasteiger partial charge in [-0.15, -0.1) is 0 Å². The first-order chi connectivity index (χ1) is 11.5. The maximum absolute atomic E-state index is 13.0. The zero-order valence-electron chi connectivity index (χ0n) is 12.7. The fraction of sp³-hybridized carbons (Fsp3) is 0.0588. The minimum Gasteiger partial charge on any atom is -0.329 e. The van der Waals surface area contributed by atoms with Gasteiger partial charge in [-0.1, -0.05) is 23.4 Å². The molecular weight excluding hydrogens is 349 g/mol. The van der Waals surface area contributed by atoms with E-state index in [0.29, 0.717) is 5.69 Å². The summed E-state index contributed by atoms with van der Waals surface area (Å²) < 4.78 is 15.0. The van der Waals surface area contributed by atoms with E-state index in [1.165, 1.54) is 23.9 Å². The minimum atomic E-state index is -0.479. The first-order valence-corrected chi connectivity index (χ1v) is 8.24. The summed E-state index contributed by atoms with van der Waals surface area (Å²) in [5.74, 6) is -0.864. The minimum absolute atomic E-state index is 0.0782. The largest absolute Gasteiger partial charge is 0.329 e. The molecule has 122 valence electrons. The summed E-state index contributed by atoms with van der Waals surface area (Å²) in [6.45, 7) is 0. The molecule has 24 heavy (non-hydrogen) atoms. The molecule has 1 amide bonds. The molecule has 0 aliphatic heterocycles. The molecular formula is C17H13ClFN3OS. The standard InChI is InChI=1S/C17H13ClFN3OS/c1-22-9-8-20-17(22)24-13-5-3-12(4-6-13)21-16(23)14-7-2-11(19)10-15(14)18/h2-10H,1H3,(H,21,23). The molecule has 0 aliphatic carbocycles. The number of carbonyl (C=O) groups excluding carboxylic acids is 1. The van der Waals surface area contributed by atoms with Crippen molar-refractivity contribution in [3.63, 3.8) is 0 Å². The predicted molar refractivity (Wildman–Crippen MR) is 93.1 cm³/mol. The number of imidazole rings is 1. The monoisotopic (exact) mass is 361 g/mol. The highest BCUT2D eigenvalue weighted by molar-refractivity contribution is 7.99. The van der Waals surface area contributed by atoms with Gasteiger partial charge in [-0.3, -0.25) is 4.79 Å². The van der Waals surface area contributed by atoms with Crippen molar-refractivity contribution in [3.8, 4) is 0 Å². The first-order valence-electron chi connectivity index (χ1n) is 7.04. The number of nitrogens with zero attached hydrogens (tertiary/aromatic N) is 2. The molecule has 0 spiro atoms. The highest BCUT2D eigenvalue weighted by atomic mass is 35.5. The average molecular weight is 362 g/mol. The van der Waals surface area contributed by atoms with Crippen molar-refractivity contribution in [3.05, 3.63) is 71.3 Å². The zero-order valence-corrected chi connectivity index (χ0v) is 14.2. The summed E-state index contributed by atoms with van der Waals surface area (Å²) in [7, 11) is 1.93. The van der Waals surface area contributed by atoms with Crippen LogP contribution >= 0.6 is 23.4 Å². The van der Waals surface area contributed by atoms with E-state index < -0.39 is 5.82 Å². The molecule has 1 N–H and O–H groups in total. The zero-order chi connectivity index (χ0) is 17.1. The highest BCUT2D eigenvalue weighted by Crippen LogP contribution is 2.27. The van der Waals surface area contributed by atoms with E-state index in [9.17, 15) is 9.18 Å². The van der Waals surface area contributed by atoms with E-state index in [1.54, 1.807) is 18.3 Å². The second kappa shape index (κ2) is 7.07. The van der Waals surface area contributed by atoms with Gasteiger partial charge in [0, 0.05) is 30.0 Å². The van der Waals surface area contributed by atoms with E-state index in [1.807, 2.05) is 29.9 Å². The molecule has 7 heteroatoms. The normalized spacial score (nSPS) is 10.6. The first kappa shape index (κ1) is 16.5. The van der Waals surface area contributed by atoms with E-state index in [2.05, 4.69) is 10.3 Å². The van der Waals surface area contributed by atoms with Gasteiger partial charge in [0.05, 0.1) is 10.6 Å². The van der Waals surface area contributed by atoms with Crippen LogP contribution < -0.4 is 5.32 Å². The summed E-state index contributed by atoms with van der Waals surface area (Å²) in [6.07, 6.45) is 3.62. The molecule has 0 saturated heterocycles. The second-order valence-electron chi connectivity index (χ2n) is 5.03. The molecule has 0 aliphatic rings. The SMILES string of the molecule is Cn1ccnc1Sc1ccc(NC(=O)c2ccc(F)cc2Cl)cc1. The molecule has 0 bridgehead atoms. The topological polar surface area (TPSA) is 46.9 Å². The Bertz CT molecular complexity index is 880. The van der Waals surface area contributed by atoms with Gasteiger partial charge in [-0.25, -0.2) is 9.37 Å². The fourth-order valence-electron chi connectivity index (χ4n) is 2.03. The third-order valence-corrected chi connectivity index (χ3v) is 4.67. The second-order valence-corrected chi connectivity index (χ2v) is 6.47. The molecule has 3 rings (SSSR count). The Hall–Kier alpha value is -2.31. The van der Waals surface area contributed by atoms with Crippen LogP contribution in [0, 0.1) is 5.82 Å². The molecule has 2 aromatic carbocycles. The quantitative estimate of drug-likeness (QED) is 0.737. The predicted octanol–water partition coefficient (Wildman–Crippen LogP) is 4.62. The molecule has 3 aromatic rings. The van der Waals surface area contributed by atoms with Crippen molar-refractivity contribution in [2.45, 2.75) is 10.1 Å². The van der Waals surface area contributed by atoms with Crippen LogP contribution in [0.5, 0.6) is 0 Å². The number of hydrogen-bond acceptors (Lipinski definition) is 3. The van der Waals surface area contributed by atoms with E-state index >= 15 is 0 Å². The van der Waals surface area contributed by atoms with Crippen LogP contribution in [-0.4, -0.2) is 15.5 Å². The Kier molecular flexibility index (Phi) is 4.87. The van der Waals surface area contributed by atoms with Crippen LogP contribution in [0.1, 0.15) is 10.4 Å². The third-order valence-electron chi connectivity index (χ3n) is 3.27.